The number of aryl methyl sites for hydroxylation is 1. The SMILES string of the molecule is Cc1c[nH]c(-c2cc(C(=O)Nc3cccc(Nc4ccc5c(c4)C(=Cc4ccc[nH]4)C(=O)N5)c3)cc(C(F)(F)F)c2)n1. The number of hydrogen-bond donors (Lipinski definition) is 5. The zero-order chi connectivity index (χ0) is 29.4. The molecule has 2 amide bonds. The first kappa shape index (κ1) is 26.6. The van der Waals surface area contributed by atoms with E-state index in [0.29, 0.717) is 34.0 Å². The van der Waals surface area contributed by atoms with Gasteiger partial charge in [0.2, 0.25) is 0 Å². The van der Waals surface area contributed by atoms with Crippen molar-refractivity contribution in [2.45, 2.75) is 13.1 Å². The molecule has 0 fully saturated rings. The summed E-state index contributed by atoms with van der Waals surface area (Å²) in [6.07, 6.45) is 0.467. The Morgan fingerprint density at radius 1 is 0.929 bits per heavy atom. The van der Waals surface area contributed by atoms with Crippen molar-refractivity contribution in [1.29, 1.82) is 0 Å². The van der Waals surface area contributed by atoms with E-state index >= 15 is 0 Å². The smallest absolute Gasteiger partial charge is 0.362 e. The van der Waals surface area contributed by atoms with Gasteiger partial charge in [0.15, 0.2) is 0 Å². The number of nitrogens with one attached hydrogen (secondary N) is 5. The van der Waals surface area contributed by atoms with Crippen molar-refractivity contribution in [3.05, 3.63) is 113 Å². The monoisotopic (exact) mass is 568 g/mol. The van der Waals surface area contributed by atoms with E-state index in [2.05, 4.69) is 30.9 Å². The zero-order valence-corrected chi connectivity index (χ0v) is 22.1. The van der Waals surface area contributed by atoms with E-state index in [1.54, 1.807) is 55.7 Å². The number of anilines is 4. The van der Waals surface area contributed by atoms with Crippen LogP contribution in [0.15, 0.2) is 85.2 Å². The molecule has 3 aromatic carbocycles. The summed E-state index contributed by atoms with van der Waals surface area (Å²) >= 11 is 0. The van der Waals surface area contributed by atoms with Crippen molar-refractivity contribution in [2.75, 3.05) is 16.0 Å². The molecule has 1 aliphatic rings. The highest BCUT2D eigenvalue weighted by molar-refractivity contribution is 6.35. The molecule has 210 valence electrons. The minimum atomic E-state index is -4.65. The molecule has 1 aliphatic heterocycles. The Hall–Kier alpha value is -5.58. The van der Waals surface area contributed by atoms with Crippen LogP contribution < -0.4 is 16.0 Å². The van der Waals surface area contributed by atoms with E-state index in [1.165, 1.54) is 6.07 Å². The molecule has 11 heteroatoms. The van der Waals surface area contributed by atoms with E-state index < -0.39 is 17.6 Å². The Kier molecular flexibility index (Phi) is 6.62. The first-order valence-corrected chi connectivity index (χ1v) is 12.9. The predicted molar refractivity (Wildman–Crippen MR) is 155 cm³/mol. The molecule has 8 nitrogen and oxygen atoms in total. The Balaban J connectivity index is 1.23. The van der Waals surface area contributed by atoms with Crippen LogP contribution in [0.4, 0.5) is 35.9 Å². The first-order chi connectivity index (χ1) is 20.1. The van der Waals surface area contributed by atoms with Gasteiger partial charge in [-0.15, -0.1) is 0 Å². The van der Waals surface area contributed by atoms with E-state index in [1.807, 2.05) is 24.3 Å². The Morgan fingerprint density at radius 2 is 1.74 bits per heavy atom. The number of alkyl halides is 3. The fraction of sp³-hybridized carbons (Fsp3) is 0.0645. The molecule has 0 unspecified atom stereocenters. The Labute approximate surface area is 237 Å². The van der Waals surface area contributed by atoms with Crippen LogP contribution in [0, 0.1) is 6.92 Å². The van der Waals surface area contributed by atoms with Gasteiger partial charge in [-0.25, -0.2) is 4.98 Å². The van der Waals surface area contributed by atoms with E-state index in [-0.39, 0.29) is 22.9 Å². The van der Waals surface area contributed by atoms with Gasteiger partial charge in [-0.1, -0.05) is 6.07 Å². The number of benzene rings is 3. The summed E-state index contributed by atoms with van der Waals surface area (Å²) in [5, 5.41) is 8.79. The lowest BCUT2D eigenvalue weighted by atomic mass is 10.0. The minimum Gasteiger partial charge on any atom is -0.362 e. The molecular weight excluding hydrogens is 545 g/mol. The van der Waals surface area contributed by atoms with E-state index in [4.69, 9.17) is 0 Å². The molecule has 0 bridgehead atoms. The number of imidazole rings is 1. The van der Waals surface area contributed by atoms with Gasteiger partial charge in [0.05, 0.1) is 16.8 Å². The van der Waals surface area contributed by atoms with E-state index in [0.717, 1.165) is 23.4 Å². The average Bonchev–Trinajstić information content (AvgIpc) is 3.70. The highest BCUT2D eigenvalue weighted by Gasteiger charge is 2.32. The van der Waals surface area contributed by atoms with Gasteiger partial charge in [0.1, 0.15) is 5.82 Å². The summed E-state index contributed by atoms with van der Waals surface area (Å²) < 4.78 is 40.9. The minimum absolute atomic E-state index is 0.146. The van der Waals surface area contributed by atoms with Crippen LogP contribution in [0.2, 0.25) is 0 Å². The summed E-state index contributed by atoms with van der Waals surface area (Å²) in [4.78, 5) is 35.7. The largest absolute Gasteiger partial charge is 0.416 e. The number of amides is 2. The number of rotatable bonds is 6. The van der Waals surface area contributed by atoms with Gasteiger partial charge >= 0.3 is 6.18 Å². The molecule has 6 rings (SSSR count). The number of hydrogen-bond acceptors (Lipinski definition) is 4. The van der Waals surface area contributed by atoms with Gasteiger partial charge < -0.3 is 25.9 Å². The number of nitrogens with zero attached hydrogens (tertiary/aromatic N) is 1. The first-order valence-electron chi connectivity index (χ1n) is 12.9. The molecular formula is C31H23F3N6O2. The molecule has 5 aromatic rings. The third-order valence-corrected chi connectivity index (χ3v) is 6.64. The van der Waals surface area contributed by atoms with Gasteiger partial charge in [-0.2, -0.15) is 13.2 Å². The van der Waals surface area contributed by atoms with Crippen LogP contribution in [-0.4, -0.2) is 26.8 Å². The number of H-pyrrole nitrogens is 2. The van der Waals surface area contributed by atoms with Crippen LogP contribution in [0.3, 0.4) is 0 Å². The maximum atomic E-state index is 13.6. The van der Waals surface area contributed by atoms with Crippen LogP contribution in [0.25, 0.3) is 23.0 Å². The molecule has 0 saturated carbocycles. The van der Waals surface area contributed by atoms with E-state index in [9.17, 15) is 22.8 Å². The lowest BCUT2D eigenvalue weighted by Crippen LogP contribution is -2.14. The predicted octanol–water partition coefficient (Wildman–Crippen LogP) is 7.22. The second-order valence-electron chi connectivity index (χ2n) is 9.75. The summed E-state index contributed by atoms with van der Waals surface area (Å²) in [5.41, 5.74) is 4.06. The lowest BCUT2D eigenvalue weighted by Gasteiger charge is -2.13. The highest BCUT2D eigenvalue weighted by Crippen LogP contribution is 2.36. The van der Waals surface area contributed by atoms with Gasteiger partial charge in [-0.05, 0) is 79.7 Å². The molecule has 0 atom stereocenters. The second kappa shape index (κ2) is 10.4. The molecule has 0 radical (unpaired) electrons. The normalized spacial score (nSPS) is 13.6. The third-order valence-electron chi connectivity index (χ3n) is 6.64. The van der Waals surface area contributed by atoms with Crippen molar-refractivity contribution in [3.63, 3.8) is 0 Å². The van der Waals surface area contributed by atoms with Crippen LogP contribution in [0.5, 0.6) is 0 Å². The van der Waals surface area contributed by atoms with Crippen molar-refractivity contribution < 1.29 is 22.8 Å². The molecule has 5 N–H and O–H groups in total. The maximum absolute atomic E-state index is 13.6. The highest BCUT2D eigenvalue weighted by atomic mass is 19.4. The number of carbonyl (C=O) groups excluding carboxylic acids is 2. The molecule has 3 heterocycles. The maximum Gasteiger partial charge on any atom is 0.416 e. The van der Waals surface area contributed by atoms with Crippen molar-refractivity contribution >= 4 is 46.2 Å². The lowest BCUT2D eigenvalue weighted by molar-refractivity contribution is -0.137. The Morgan fingerprint density at radius 3 is 2.48 bits per heavy atom. The summed E-state index contributed by atoms with van der Waals surface area (Å²) in [7, 11) is 0. The molecule has 0 saturated heterocycles. The van der Waals surface area contributed by atoms with Crippen molar-refractivity contribution in [1.82, 2.24) is 15.0 Å². The molecule has 2 aromatic heterocycles. The van der Waals surface area contributed by atoms with Gasteiger partial charge in [0, 0.05) is 57.5 Å². The van der Waals surface area contributed by atoms with Crippen LogP contribution in [0.1, 0.15) is 32.9 Å². The summed E-state index contributed by atoms with van der Waals surface area (Å²) in [5.74, 6) is -0.679. The van der Waals surface area contributed by atoms with Crippen LogP contribution in [-0.2, 0) is 11.0 Å². The van der Waals surface area contributed by atoms with Gasteiger partial charge in [0.25, 0.3) is 11.8 Å². The fourth-order valence-electron chi connectivity index (χ4n) is 4.66. The molecule has 0 spiro atoms. The standard InChI is InChI=1S/C31H23F3N6O2/c1-17-16-36-28(37-17)18-10-19(12-20(11-18)31(32,33)34)29(41)39-23-5-2-4-22(13-23)38-24-7-8-27-25(15-24)26(30(42)40-27)14-21-6-3-9-35-21/h2-16,35,38H,1H3,(H,36,37)(H,39,41)(H,40,42). The zero-order valence-electron chi connectivity index (χ0n) is 22.1. The number of aromatic amines is 2. The summed E-state index contributed by atoms with van der Waals surface area (Å²) in [6.45, 7) is 1.71. The van der Waals surface area contributed by atoms with Gasteiger partial charge in [-0.3, -0.25) is 9.59 Å². The average molecular weight is 569 g/mol. The topological polar surface area (TPSA) is 115 Å². The Bertz CT molecular complexity index is 1850. The number of aromatic nitrogens is 3. The quantitative estimate of drug-likeness (QED) is 0.139. The second-order valence-corrected chi connectivity index (χ2v) is 9.75. The third kappa shape index (κ3) is 5.52. The fourth-order valence-corrected chi connectivity index (χ4v) is 4.66. The van der Waals surface area contributed by atoms with Crippen molar-refractivity contribution in [2.24, 2.45) is 0 Å². The molecule has 0 aliphatic carbocycles. The number of halogens is 3. The summed E-state index contributed by atoms with van der Waals surface area (Å²) in [6, 6.07) is 19.1. The molecule has 42 heavy (non-hydrogen) atoms. The number of fused-ring (bicyclic) bond motifs is 1. The number of carbonyl (C=O) groups is 2. The van der Waals surface area contributed by atoms with Crippen LogP contribution >= 0.6 is 0 Å². The van der Waals surface area contributed by atoms with Crippen molar-refractivity contribution in [3.8, 4) is 11.4 Å².